The lowest BCUT2D eigenvalue weighted by atomic mass is 10.2. The highest BCUT2D eigenvalue weighted by molar-refractivity contribution is 7.89. The molecule has 1 N–H and O–H groups in total. The van der Waals surface area contributed by atoms with Gasteiger partial charge in [-0.05, 0) is 55.7 Å². The summed E-state index contributed by atoms with van der Waals surface area (Å²) < 4.78 is 27.1. The molecular formula is C19H23ClN2O3S. The Kier molecular flexibility index (Phi) is 6.44. The summed E-state index contributed by atoms with van der Waals surface area (Å²) in [6.07, 6.45) is 0. The van der Waals surface area contributed by atoms with Crippen molar-refractivity contribution in [1.29, 1.82) is 0 Å². The molecule has 0 spiro atoms. The zero-order chi connectivity index (χ0) is 19.5. The van der Waals surface area contributed by atoms with E-state index in [4.69, 9.17) is 11.6 Å². The Morgan fingerprint density at radius 1 is 1.08 bits per heavy atom. The van der Waals surface area contributed by atoms with Crippen LogP contribution in [0.1, 0.15) is 23.6 Å². The number of nitrogens with one attached hydrogen (secondary N) is 1. The molecule has 7 heteroatoms. The second-order valence-electron chi connectivity index (χ2n) is 6.21. The van der Waals surface area contributed by atoms with Crippen LogP contribution in [0.3, 0.4) is 0 Å². The van der Waals surface area contributed by atoms with Gasteiger partial charge in [0.25, 0.3) is 0 Å². The summed E-state index contributed by atoms with van der Waals surface area (Å²) in [7, 11) is -3.76. The van der Waals surface area contributed by atoms with Crippen LogP contribution >= 0.6 is 11.6 Å². The Labute approximate surface area is 160 Å². The lowest BCUT2D eigenvalue weighted by Crippen LogP contribution is -2.38. The molecule has 2 rings (SSSR count). The van der Waals surface area contributed by atoms with Gasteiger partial charge in [-0.3, -0.25) is 4.79 Å². The highest BCUT2D eigenvalue weighted by Crippen LogP contribution is 2.22. The minimum absolute atomic E-state index is 0.192. The van der Waals surface area contributed by atoms with Crippen molar-refractivity contribution in [3.05, 3.63) is 58.1 Å². The van der Waals surface area contributed by atoms with E-state index in [1.807, 2.05) is 19.9 Å². The SMILES string of the molecule is CCN(CC(=O)Nc1ccc(C)c(Cl)c1)S(=O)(=O)c1cc(C)ccc1C. The fourth-order valence-electron chi connectivity index (χ4n) is 2.52. The van der Waals surface area contributed by atoms with E-state index in [0.717, 1.165) is 11.1 Å². The van der Waals surface area contributed by atoms with Gasteiger partial charge >= 0.3 is 0 Å². The average Bonchev–Trinajstić information content (AvgIpc) is 2.58. The third-order valence-corrected chi connectivity index (χ3v) is 6.56. The van der Waals surface area contributed by atoms with Gasteiger partial charge in [0.05, 0.1) is 11.4 Å². The Hall–Kier alpha value is -1.89. The van der Waals surface area contributed by atoms with Gasteiger partial charge in [-0.2, -0.15) is 4.31 Å². The van der Waals surface area contributed by atoms with E-state index in [-0.39, 0.29) is 18.0 Å². The maximum absolute atomic E-state index is 12.9. The summed E-state index contributed by atoms with van der Waals surface area (Å²) in [5, 5.41) is 3.23. The number of likely N-dealkylation sites (N-methyl/N-ethyl adjacent to an activating group) is 1. The molecule has 0 aliphatic rings. The van der Waals surface area contributed by atoms with Crippen LogP contribution in [0.5, 0.6) is 0 Å². The zero-order valence-electron chi connectivity index (χ0n) is 15.3. The molecular weight excluding hydrogens is 372 g/mol. The Morgan fingerprint density at radius 2 is 1.73 bits per heavy atom. The van der Waals surface area contributed by atoms with Crippen LogP contribution in [0.15, 0.2) is 41.3 Å². The van der Waals surface area contributed by atoms with Gasteiger partial charge in [0, 0.05) is 17.3 Å². The van der Waals surface area contributed by atoms with Crippen molar-refractivity contribution in [1.82, 2.24) is 4.31 Å². The molecule has 0 aliphatic carbocycles. The molecule has 0 radical (unpaired) electrons. The van der Waals surface area contributed by atoms with Gasteiger partial charge in [-0.1, -0.05) is 36.7 Å². The number of halogens is 1. The largest absolute Gasteiger partial charge is 0.325 e. The number of carbonyl (C=O) groups is 1. The first-order chi connectivity index (χ1) is 12.1. The molecule has 0 unspecified atom stereocenters. The molecule has 0 saturated carbocycles. The van der Waals surface area contributed by atoms with E-state index in [2.05, 4.69) is 5.32 Å². The number of amides is 1. The normalized spacial score (nSPS) is 11.6. The Balaban J connectivity index is 2.20. The van der Waals surface area contributed by atoms with Crippen molar-refractivity contribution in [2.24, 2.45) is 0 Å². The Morgan fingerprint density at radius 3 is 2.35 bits per heavy atom. The van der Waals surface area contributed by atoms with Crippen molar-refractivity contribution in [2.75, 3.05) is 18.4 Å². The minimum Gasteiger partial charge on any atom is -0.325 e. The third kappa shape index (κ3) is 4.63. The maximum atomic E-state index is 12.9. The number of benzene rings is 2. The van der Waals surface area contributed by atoms with Crippen LogP contribution < -0.4 is 5.32 Å². The van der Waals surface area contributed by atoms with Crippen LogP contribution in [0, 0.1) is 20.8 Å². The Bertz CT molecular complexity index is 926. The highest BCUT2D eigenvalue weighted by Gasteiger charge is 2.27. The molecule has 0 atom stereocenters. The number of rotatable bonds is 6. The number of sulfonamides is 1. The second kappa shape index (κ2) is 8.20. The van der Waals surface area contributed by atoms with Crippen molar-refractivity contribution in [2.45, 2.75) is 32.6 Å². The molecule has 140 valence electrons. The van der Waals surface area contributed by atoms with Crippen LogP contribution in [0.4, 0.5) is 5.69 Å². The number of hydrogen-bond acceptors (Lipinski definition) is 3. The van der Waals surface area contributed by atoms with E-state index in [1.54, 1.807) is 44.2 Å². The summed E-state index contributed by atoms with van der Waals surface area (Å²) >= 11 is 6.06. The quantitative estimate of drug-likeness (QED) is 0.807. The second-order valence-corrected chi connectivity index (χ2v) is 8.53. The first-order valence-corrected chi connectivity index (χ1v) is 10.1. The van der Waals surface area contributed by atoms with E-state index in [9.17, 15) is 13.2 Å². The average molecular weight is 395 g/mol. The summed E-state index contributed by atoms with van der Waals surface area (Å²) in [6.45, 7) is 7.08. The molecule has 0 aromatic heterocycles. The molecule has 0 saturated heterocycles. The number of anilines is 1. The number of carbonyl (C=O) groups excluding carboxylic acids is 1. The molecule has 2 aromatic rings. The zero-order valence-corrected chi connectivity index (χ0v) is 16.9. The molecule has 0 heterocycles. The smallest absolute Gasteiger partial charge is 0.243 e. The van der Waals surface area contributed by atoms with Crippen LogP contribution in [0.2, 0.25) is 5.02 Å². The van der Waals surface area contributed by atoms with E-state index in [1.165, 1.54) is 4.31 Å². The summed E-state index contributed by atoms with van der Waals surface area (Å²) in [6, 6.07) is 10.4. The topological polar surface area (TPSA) is 66.5 Å². The number of hydrogen-bond donors (Lipinski definition) is 1. The first-order valence-electron chi connectivity index (χ1n) is 8.28. The van der Waals surface area contributed by atoms with Gasteiger partial charge in [-0.25, -0.2) is 8.42 Å². The monoisotopic (exact) mass is 394 g/mol. The lowest BCUT2D eigenvalue weighted by Gasteiger charge is -2.21. The predicted molar refractivity (Wildman–Crippen MR) is 105 cm³/mol. The molecule has 5 nitrogen and oxygen atoms in total. The fourth-order valence-corrected chi connectivity index (χ4v) is 4.42. The van der Waals surface area contributed by atoms with Crippen LogP contribution in [-0.4, -0.2) is 31.7 Å². The molecule has 0 aliphatic heterocycles. The van der Waals surface area contributed by atoms with Crippen molar-refractivity contribution in [3.8, 4) is 0 Å². The van der Waals surface area contributed by atoms with Crippen molar-refractivity contribution >= 4 is 33.2 Å². The van der Waals surface area contributed by atoms with Gasteiger partial charge in [0.2, 0.25) is 15.9 Å². The molecule has 0 bridgehead atoms. The highest BCUT2D eigenvalue weighted by atomic mass is 35.5. The number of aryl methyl sites for hydroxylation is 3. The molecule has 2 aromatic carbocycles. The maximum Gasteiger partial charge on any atom is 0.243 e. The van der Waals surface area contributed by atoms with Gasteiger partial charge in [0.15, 0.2) is 0 Å². The third-order valence-electron chi connectivity index (χ3n) is 4.09. The van der Waals surface area contributed by atoms with E-state index < -0.39 is 15.9 Å². The van der Waals surface area contributed by atoms with Gasteiger partial charge in [-0.15, -0.1) is 0 Å². The standard InChI is InChI=1S/C19H23ClN2O3S/c1-5-22(26(24,25)18-10-13(2)6-7-15(18)4)12-19(23)21-16-9-8-14(3)17(20)11-16/h6-11H,5,12H2,1-4H3,(H,21,23). The molecule has 1 amide bonds. The lowest BCUT2D eigenvalue weighted by molar-refractivity contribution is -0.116. The molecule has 0 fully saturated rings. The first kappa shape index (κ1) is 20.4. The predicted octanol–water partition coefficient (Wildman–Crippen LogP) is 3.91. The van der Waals surface area contributed by atoms with E-state index >= 15 is 0 Å². The summed E-state index contributed by atoms with van der Waals surface area (Å²) in [4.78, 5) is 12.6. The minimum atomic E-state index is -3.76. The van der Waals surface area contributed by atoms with Crippen LogP contribution in [-0.2, 0) is 14.8 Å². The number of nitrogens with zero attached hydrogens (tertiary/aromatic N) is 1. The van der Waals surface area contributed by atoms with Gasteiger partial charge < -0.3 is 5.32 Å². The fraction of sp³-hybridized carbons (Fsp3) is 0.316. The van der Waals surface area contributed by atoms with Gasteiger partial charge in [0.1, 0.15) is 0 Å². The van der Waals surface area contributed by atoms with Crippen LogP contribution in [0.25, 0.3) is 0 Å². The van der Waals surface area contributed by atoms with Crippen molar-refractivity contribution in [3.63, 3.8) is 0 Å². The summed E-state index contributed by atoms with van der Waals surface area (Å²) in [5.74, 6) is -0.416. The molecule has 26 heavy (non-hydrogen) atoms. The summed E-state index contributed by atoms with van der Waals surface area (Å²) in [5.41, 5.74) is 2.94. The van der Waals surface area contributed by atoms with Crippen molar-refractivity contribution < 1.29 is 13.2 Å². The van der Waals surface area contributed by atoms with E-state index in [0.29, 0.717) is 16.3 Å².